The summed E-state index contributed by atoms with van der Waals surface area (Å²) in [4.78, 5) is 32.9. The second kappa shape index (κ2) is 14.0. The van der Waals surface area contributed by atoms with Crippen LogP contribution in [-0.2, 0) is 26.5 Å². The molecule has 1 heterocycles. The summed E-state index contributed by atoms with van der Waals surface area (Å²) >= 11 is 0. The van der Waals surface area contributed by atoms with Gasteiger partial charge in [-0.05, 0) is 49.1 Å². The van der Waals surface area contributed by atoms with E-state index >= 15 is 0 Å². The number of carboxylic acid groups (broad SMARTS) is 3. The van der Waals surface area contributed by atoms with Crippen LogP contribution in [-0.4, -0.2) is 88.4 Å². The molecule has 1 saturated heterocycles. The van der Waals surface area contributed by atoms with Crippen LogP contribution in [0, 0.1) is 6.92 Å². The number of benzene rings is 2. The number of aliphatic hydroxyl groups is 2. The lowest BCUT2D eigenvalue weighted by atomic mass is 9.83. The predicted octanol–water partition coefficient (Wildman–Crippen LogP) is 2.26. The van der Waals surface area contributed by atoms with E-state index in [1.54, 1.807) is 21.3 Å². The number of nitrogens with zero attached hydrogens (tertiary/aromatic N) is 1. The number of ether oxygens (including phenoxy) is 3. The second-order valence-electron chi connectivity index (χ2n) is 9.62. The fourth-order valence-electron chi connectivity index (χ4n) is 4.53. The Balaban J connectivity index is 0.000000366. The number of rotatable bonds is 11. The fraction of sp³-hybridized carbons (Fsp3) is 0.464. The molecule has 220 valence electrons. The van der Waals surface area contributed by atoms with Gasteiger partial charge in [0.05, 0.1) is 39.8 Å². The Labute approximate surface area is 232 Å². The molecular formula is C28H37NO11. The highest BCUT2D eigenvalue weighted by Gasteiger charge is 2.41. The Hall–Kier alpha value is -3.87. The summed E-state index contributed by atoms with van der Waals surface area (Å²) in [5.41, 5.74) is -0.295. The first-order valence-corrected chi connectivity index (χ1v) is 12.5. The highest BCUT2D eigenvalue weighted by molar-refractivity contribution is 5.88. The largest absolute Gasteiger partial charge is 0.496 e. The van der Waals surface area contributed by atoms with E-state index in [1.807, 2.05) is 30.3 Å². The van der Waals surface area contributed by atoms with E-state index < -0.39 is 42.0 Å². The number of aliphatic carboxylic acids is 3. The summed E-state index contributed by atoms with van der Waals surface area (Å²) in [6, 6.07) is 11.8. The molecule has 1 aliphatic heterocycles. The molecule has 2 aromatic rings. The van der Waals surface area contributed by atoms with Crippen molar-refractivity contribution in [1.82, 2.24) is 4.90 Å². The van der Waals surface area contributed by atoms with Crippen LogP contribution >= 0.6 is 0 Å². The third-order valence-electron chi connectivity index (χ3n) is 6.81. The minimum absolute atomic E-state index is 0.680. The molecule has 0 bridgehead atoms. The smallest absolute Gasteiger partial charge is 0.336 e. The molecule has 0 aliphatic carbocycles. The molecule has 1 fully saturated rings. The molecule has 0 saturated carbocycles. The molecule has 0 unspecified atom stereocenters. The van der Waals surface area contributed by atoms with Gasteiger partial charge in [0, 0.05) is 25.2 Å². The van der Waals surface area contributed by atoms with E-state index in [9.17, 15) is 19.5 Å². The number of carbonyl (C=O) groups is 3. The van der Waals surface area contributed by atoms with Crippen LogP contribution in [0.1, 0.15) is 42.4 Å². The second-order valence-corrected chi connectivity index (χ2v) is 9.62. The number of likely N-dealkylation sites (tertiary alicyclic amines) is 1. The Morgan fingerprint density at radius 1 is 0.875 bits per heavy atom. The van der Waals surface area contributed by atoms with E-state index in [-0.39, 0.29) is 0 Å². The van der Waals surface area contributed by atoms with Crippen LogP contribution in [0.2, 0.25) is 0 Å². The number of hydrogen-bond acceptors (Lipinski definition) is 9. The quantitative estimate of drug-likeness (QED) is 0.269. The van der Waals surface area contributed by atoms with Gasteiger partial charge in [0.15, 0.2) is 17.1 Å². The van der Waals surface area contributed by atoms with Crippen LogP contribution in [0.25, 0.3) is 0 Å². The molecule has 40 heavy (non-hydrogen) atoms. The maximum atomic E-state index is 11.2. The zero-order valence-electron chi connectivity index (χ0n) is 23.0. The lowest BCUT2D eigenvalue weighted by Crippen LogP contribution is -2.42. The Morgan fingerprint density at radius 3 is 1.85 bits per heavy atom. The van der Waals surface area contributed by atoms with Crippen molar-refractivity contribution in [3.05, 3.63) is 53.1 Å². The van der Waals surface area contributed by atoms with Gasteiger partial charge < -0.3 is 39.7 Å². The molecule has 12 heteroatoms. The minimum Gasteiger partial charge on any atom is -0.496 e. The highest BCUT2D eigenvalue weighted by Crippen LogP contribution is 2.38. The molecule has 0 atom stereocenters. The summed E-state index contributed by atoms with van der Waals surface area (Å²) in [6.07, 6.45) is -0.928. The number of aryl methyl sites for hydroxylation is 1. The molecule has 12 nitrogen and oxygen atoms in total. The van der Waals surface area contributed by atoms with Gasteiger partial charge in [0.2, 0.25) is 0 Å². The molecule has 5 N–H and O–H groups in total. The molecular weight excluding hydrogens is 526 g/mol. The Morgan fingerprint density at radius 2 is 1.38 bits per heavy atom. The van der Waals surface area contributed by atoms with Gasteiger partial charge in [-0.15, -0.1) is 0 Å². The molecule has 2 aromatic carbocycles. The third kappa shape index (κ3) is 8.31. The van der Waals surface area contributed by atoms with E-state index in [0.717, 1.165) is 42.4 Å². The van der Waals surface area contributed by atoms with Crippen LogP contribution in [0.3, 0.4) is 0 Å². The van der Waals surface area contributed by atoms with Crippen molar-refractivity contribution < 1.29 is 54.1 Å². The molecule has 0 aromatic heterocycles. The normalized spacial score (nSPS) is 14.8. The fourth-order valence-corrected chi connectivity index (χ4v) is 4.53. The van der Waals surface area contributed by atoms with E-state index in [2.05, 4.69) is 17.9 Å². The Bertz CT molecular complexity index is 1170. The van der Waals surface area contributed by atoms with Crippen molar-refractivity contribution in [1.29, 1.82) is 0 Å². The zero-order valence-corrected chi connectivity index (χ0v) is 23.0. The summed E-state index contributed by atoms with van der Waals surface area (Å²) in [7, 11) is 4.96. The van der Waals surface area contributed by atoms with Crippen molar-refractivity contribution >= 4 is 17.9 Å². The minimum atomic E-state index is -2.74. The van der Waals surface area contributed by atoms with Gasteiger partial charge in [0.1, 0.15) is 5.75 Å². The predicted molar refractivity (Wildman–Crippen MR) is 143 cm³/mol. The van der Waals surface area contributed by atoms with Gasteiger partial charge in [-0.25, -0.2) is 4.79 Å². The standard InChI is InChI=1S/C22H29NO4.C6H8O7/c1-16-13-20(26-3)21(27-4)14-17(16)15-23-11-9-22(24,10-12-23)18-7-5-6-8-19(18)25-2;7-3(8)1-6(13,5(11)12)2-4(9)10/h5-8,13-14,24H,9-12,15H2,1-4H3;13H,1-2H2,(H,7,8)(H,9,10)(H,11,12). The lowest BCUT2D eigenvalue weighted by Gasteiger charge is -2.39. The van der Waals surface area contributed by atoms with E-state index in [0.29, 0.717) is 12.8 Å². The molecule has 0 spiro atoms. The average Bonchev–Trinajstić information content (AvgIpc) is 2.90. The molecule has 1 aliphatic rings. The maximum absolute atomic E-state index is 11.2. The van der Waals surface area contributed by atoms with Gasteiger partial charge in [-0.1, -0.05) is 18.2 Å². The van der Waals surface area contributed by atoms with Gasteiger partial charge in [0.25, 0.3) is 0 Å². The van der Waals surface area contributed by atoms with Crippen LogP contribution in [0.15, 0.2) is 36.4 Å². The molecule has 0 radical (unpaired) electrons. The monoisotopic (exact) mass is 563 g/mol. The highest BCUT2D eigenvalue weighted by atomic mass is 16.5. The number of para-hydroxylation sites is 1. The first-order valence-electron chi connectivity index (χ1n) is 12.5. The van der Waals surface area contributed by atoms with Crippen LogP contribution in [0.4, 0.5) is 0 Å². The van der Waals surface area contributed by atoms with Crippen molar-refractivity contribution in [3.8, 4) is 17.2 Å². The summed E-state index contributed by atoms with van der Waals surface area (Å²) in [6.45, 7) is 4.56. The molecule has 0 amide bonds. The lowest BCUT2D eigenvalue weighted by molar-refractivity contribution is -0.170. The van der Waals surface area contributed by atoms with Crippen molar-refractivity contribution in [2.75, 3.05) is 34.4 Å². The Kier molecular flexibility index (Phi) is 11.3. The van der Waals surface area contributed by atoms with Gasteiger partial charge >= 0.3 is 17.9 Å². The molecule has 3 rings (SSSR count). The number of carboxylic acids is 3. The summed E-state index contributed by atoms with van der Waals surface area (Å²) in [5.74, 6) is -2.76. The van der Waals surface area contributed by atoms with Crippen molar-refractivity contribution in [3.63, 3.8) is 0 Å². The first kappa shape index (κ1) is 32.3. The maximum Gasteiger partial charge on any atom is 0.336 e. The average molecular weight is 564 g/mol. The number of methoxy groups -OCH3 is 3. The van der Waals surface area contributed by atoms with E-state index in [1.165, 1.54) is 11.1 Å². The summed E-state index contributed by atoms with van der Waals surface area (Å²) in [5, 5.41) is 45.0. The van der Waals surface area contributed by atoms with Crippen LogP contribution < -0.4 is 14.2 Å². The first-order chi connectivity index (χ1) is 18.8. The van der Waals surface area contributed by atoms with E-state index in [4.69, 9.17) is 34.6 Å². The summed E-state index contributed by atoms with van der Waals surface area (Å²) < 4.78 is 16.3. The number of piperidine rings is 1. The van der Waals surface area contributed by atoms with Crippen molar-refractivity contribution in [2.45, 2.75) is 50.4 Å². The van der Waals surface area contributed by atoms with Gasteiger partial charge in [-0.3, -0.25) is 14.5 Å². The third-order valence-corrected chi connectivity index (χ3v) is 6.81. The van der Waals surface area contributed by atoms with Gasteiger partial charge in [-0.2, -0.15) is 0 Å². The topological polar surface area (TPSA) is 183 Å². The SMILES string of the molecule is COc1cc(C)c(CN2CCC(O)(c3ccccc3OC)CC2)cc1OC.O=C(O)CC(O)(CC(=O)O)C(=O)O. The van der Waals surface area contributed by atoms with Crippen LogP contribution in [0.5, 0.6) is 17.2 Å². The zero-order chi connectivity index (χ0) is 30.1. The van der Waals surface area contributed by atoms with Crippen molar-refractivity contribution in [2.24, 2.45) is 0 Å². The number of hydrogen-bond donors (Lipinski definition) is 5.